The molecule has 236 valence electrons. The Morgan fingerprint density at radius 3 is 2.32 bits per heavy atom. The van der Waals surface area contributed by atoms with Crippen LogP contribution in [-0.4, -0.2) is 47.2 Å². The first-order valence-corrected chi connectivity index (χ1v) is 13.6. The Bertz CT molecular complexity index is 1650. The molecule has 44 heavy (non-hydrogen) atoms. The third-order valence-corrected chi connectivity index (χ3v) is 7.41. The molecular formula is C30H28ClF7N4O2. The molecule has 1 atom stereocenters. The standard InChI is InChI=1S/C30H27F7N4O2.ClH/c1-3-24-28(41-9-8-19(31)13-27(41)38-24)26(42)7-5-18-4-6-25(21(32)12-18)39-10-11-40(17(2)16-39)20-14-22(33)29(23(34)15-20)43-30(35,36)37;/h4,6,8-9,12-15,17H,3,5,7,10-11,16H2,1-2H3;1H/t17-;/m0./s1. The molecule has 2 aromatic carbocycles. The van der Waals surface area contributed by atoms with E-state index in [1.807, 2.05) is 6.92 Å². The molecule has 2 aromatic heterocycles. The summed E-state index contributed by atoms with van der Waals surface area (Å²) in [5.41, 5.74) is 2.23. The Morgan fingerprint density at radius 1 is 1.00 bits per heavy atom. The lowest BCUT2D eigenvalue weighted by atomic mass is 10.0. The van der Waals surface area contributed by atoms with Gasteiger partial charge in [-0.3, -0.25) is 9.20 Å². The number of aryl methyl sites for hydroxylation is 2. The lowest BCUT2D eigenvalue weighted by Gasteiger charge is -2.42. The van der Waals surface area contributed by atoms with E-state index in [2.05, 4.69) is 9.72 Å². The van der Waals surface area contributed by atoms with Crippen LogP contribution in [-0.2, 0) is 12.8 Å². The van der Waals surface area contributed by atoms with Gasteiger partial charge in [0.1, 0.15) is 23.0 Å². The summed E-state index contributed by atoms with van der Waals surface area (Å²) in [4.78, 5) is 20.8. The van der Waals surface area contributed by atoms with E-state index in [-0.39, 0.29) is 62.4 Å². The molecule has 3 heterocycles. The van der Waals surface area contributed by atoms with E-state index >= 15 is 4.39 Å². The summed E-state index contributed by atoms with van der Waals surface area (Å²) in [6.07, 6.45) is -2.94. The van der Waals surface area contributed by atoms with Crippen molar-refractivity contribution >= 4 is 35.2 Å². The average molecular weight is 645 g/mol. The molecule has 14 heteroatoms. The fourth-order valence-electron chi connectivity index (χ4n) is 5.43. The van der Waals surface area contributed by atoms with E-state index in [9.17, 15) is 31.1 Å². The van der Waals surface area contributed by atoms with Gasteiger partial charge in [0, 0.05) is 62.2 Å². The summed E-state index contributed by atoms with van der Waals surface area (Å²) in [6.45, 7) is 4.37. The van der Waals surface area contributed by atoms with Crippen LogP contribution in [0.15, 0.2) is 48.7 Å². The van der Waals surface area contributed by atoms with Gasteiger partial charge in [-0.1, -0.05) is 13.0 Å². The summed E-state index contributed by atoms with van der Waals surface area (Å²) in [5.74, 6) is -5.65. The van der Waals surface area contributed by atoms with Gasteiger partial charge in [-0.05, 0) is 43.5 Å². The number of anilines is 2. The number of Topliss-reactive ketones (excluding diaryl/α,β-unsaturated/α-hetero) is 1. The minimum atomic E-state index is -5.24. The number of carbonyl (C=O) groups excluding carboxylic acids is 1. The number of benzene rings is 2. The van der Waals surface area contributed by atoms with Crippen molar-refractivity contribution in [1.29, 1.82) is 0 Å². The van der Waals surface area contributed by atoms with Crippen LogP contribution in [0.25, 0.3) is 5.65 Å². The van der Waals surface area contributed by atoms with Gasteiger partial charge in [-0.15, -0.1) is 25.6 Å². The van der Waals surface area contributed by atoms with E-state index in [1.165, 1.54) is 24.4 Å². The first-order valence-electron chi connectivity index (χ1n) is 13.6. The number of hydrogen-bond donors (Lipinski definition) is 0. The lowest BCUT2D eigenvalue weighted by Crippen LogP contribution is -2.52. The molecular weight excluding hydrogens is 617 g/mol. The second-order valence-electron chi connectivity index (χ2n) is 10.3. The summed E-state index contributed by atoms with van der Waals surface area (Å²) in [7, 11) is 0. The number of ether oxygens (including phenoxy) is 1. The highest BCUT2D eigenvalue weighted by Crippen LogP contribution is 2.34. The minimum absolute atomic E-state index is 0. The maximum atomic E-state index is 15.2. The van der Waals surface area contributed by atoms with E-state index < -0.39 is 35.4 Å². The molecule has 6 nitrogen and oxygen atoms in total. The molecule has 1 aliphatic heterocycles. The van der Waals surface area contributed by atoms with Crippen molar-refractivity contribution in [2.75, 3.05) is 29.4 Å². The third-order valence-electron chi connectivity index (χ3n) is 7.41. The SMILES string of the molecule is CCc1nc2cc(F)ccn2c1C(=O)CCc1ccc(N2CCN(c3cc(F)c(OC(F)(F)F)c(F)c3)[C@@H](C)C2)c(F)c1.Cl. The monoisotopic (exact) mass is 644 g/mol. The first-order chi connectivity index (χ1) is 20.3. The molecule has 1 saturated heterocycles. The number of aromatic nitrogens is 2. The smallest absolute Gasteiger partial charge is 0.399 e. The molecule has 1 fully saturated rings. The number of alkyl halides is 3. The van der Waals surface area contributed by atoms with Gasteiger partial charge in [0.05, 0.1) is 11.4 Å². The number of pyridine rings is 1. The van der Waals surface area contributed by atoms with Crippen LogP contribution in [0.2, 0.25) is 0 Å². The van der Waals surface area contributed by atoms with Crippen molar-refractivity contribution in [1.82, 2.24) is 9.38 Å². The van der Waals surface area contributed by atoms with Crippen molar-refractivity contribution in [2.45, 2.75) is 45.5 Å². The maximum absolute atomic E-state index is 15.2. The number of imidazole rings is 1. The van der Waals surface area contributed by atoms with Crippen molar-refractivity contribution in [3.8, 4) is 5.75 Å². The molecule has 4 aromatic rings. The van der Waals surface area contributed by atoms with Gasteiger partial charge < -0.3 is 14.5 Å². The number of carbonyl (C=O) groups is 1. The quantitative estimate of drug-likeness (QED) is 0.149. The largest absolute Gasteiger partial charge is 0.573 e. The first kappa shape index (κ1) is 32.9. The zero-order valence-electron chi connectivity index (χ0n) is 23.6. The van der Waals surface area contributed by atoms with Crippen molar-refractivity contribution in [2.24, 2.45) is 0 Å². The molecule has 1 aliphatic rings. The predicted molar refractivity (Wildman–Crippen MR) is 153 cm³/mol. The molecule has 0 aliphatic carbocycles. The molecule has 0 radical (unpaired) electrons. The highest BCUT2D eigenvalue weighted by Gasteiger charge is 2.35. The van der Waals surface area contributed by atoms with Crippen LogP contribution in [0, 0.1) is 23.3 Å². The Morgan fingerprint density at radius 2 is 1.70 bits per heavy atom. The van der Waals surface area contributed by atoms with Crippen LogP contribution in [0.4, 0.5) is 42.1 Å². The van der Waals surface area contributed by atoms with Gasteiger partial charge in [-0.25, -0.2) is 22.5 Å². The normalized spacial score (nSPS) is 15.4. The van der Waals surface area contributed by atoms with E-state index in [1.54, 1.807) is 33.3 Å². The van der Waals surface area contributed by atoms with Gasteiger partial charge in [0.2, 0.25) is 5.75 Å². The number of rotatable bonds is 8. The van der Waals surface area contributed by atoms with Crippen LogP contribution in [0.3, 0.4) is 0 Å². The van der Waals surface area contributed by atoms with Crippen LogP contribution >= 0.6 is 12.4 Å². The number of hydrogen-bond acceptors (Lipinski definition) is 5. The zero-order valence-corrected chi connectivity index (χ0v) is 24.4. The second-order valence-corrected chi connectivity index (χ2v) is 10.3. The molecule has 0 amide bonds. The fourth-order valence-corrected chi connectivity index (χ4v) is 5.43. The minimum Gasteiger partial charge on any atom is -0.399 e. The van der Waals surface area contributed by atoms with Crippen LogP contribution in [0.1, 0.15) is 42.0 Å². The average Bonchev–Trinajstić information content (AvgIpc) is 3.31. The van der Waals surface area contributed by atoms with Crippen molar-refractivity contribution < 1.29 is 40.3 Å². The Balaban J connectivity index is 0.00000442. The van der Waals surface area contributed by atoms with Crippen molar-refractivity contribution in [3.05, 3.63) is 88.9 Å². The molecule has 0 bridgehead atoms. The number of halogens is 8. The Labute approximate surface area is 254 Å². The molecule has 0 spiro atoms. The van der Waals surface area contributed by atoms with E-state index in [4.69, 9.17) is 0 Å². The van der Waals surface area contributed by atoms with Crippen LogP contribution in [0.5, 0.6) is 5.75 Å². The highest BCUT2D eigenvalue weighted by atomic mass is 35.5. The maximum Gasteiger partial charge on any atom is 0.573 e. The summed E-state index contributed by atoms with van der Waals surface area (Å²) < 4.78 is 99.9. The number of nitrogens with zero attached hydrogens (tertiary/aromatic N) is 4. The molecule has 5 rings (SSSR count). The summed E-state index contributed by atoms with van der Waals surface area (Å²) >= 11 is 0. The lowest BCUT2D eigenvalue weighted by molar-refractivity contribution is -0.276. The Kier molecular flexibility index (Phi) is 9.67. The van der Waals surface area contributed by atoms with E-state index in [0.717, 1.165) is 12.1 Å². The van der Waals surface area contributed by atoms with Crippen molar-refractivity contribution in [3.63, 3.8) is 0 Å². The number of ketones is 1. The fraction of sp³-hybridized carbons (Fsp3) is 0.333. The van der Waals surface area contributed by atoms with Gasteiger partial charge >= 0.3 is 6.36 Å². The molecule has 0 saturated carbocycles. The third kappa shape index (κ3) is 6.87. The zero-order chi connectivity index (χ0) is 31.1. The summed E-state index contributed by atoms with van der Waals surface area (Å²) in [5, 5.41) is 0. The number of piperazine rings is 1. The molecule has 0 N–H and O–H groups in total. The van der Waals surface area contributed by atoms with Gasteiger partial charge in [0.15, 0.2) is 17.4 Å². The number of fused-ring (bicyclic) bond motifs is 1. The Hall–Kier alpha value is -4.00. The molecule has 0 unspecified atom stereocenters. The van der Waals surface area contributed by atoms with Gasteiger partial charge in [-0.2, -0.15) is 0 Å². The second kappa shape index (κ2) is 12.9. The van der Waals surface area contributed by atoms with Crippen LogP contribution < -0.4 is 14.5 Å². The summed E-state index contributed by atoms with van der Waals surface area (Å²) in [6, 6.07) is 8.37. The topological polar surface area (TPSA) is 50.1 Å². The van der Waals surface area contributed by atoms with E-state index in [0.29, 0.717) is 34.7 Å². The highest BCUT2D eigenvalue weighted by molar-refractivity contribution is 5.96. The van der Waals surface area contributed by atoms with Gasteiger partial charge in [0.25, 0.3) is 0 Å². The predicted octanol–water partition coefficient (Wildman–Crippen LogP) is 7.30.